The predicted octanol–water partition coefficient (Wildman–Crippen LogP) is 3.62. The standard InChI is InChI=1S/C28H32N2O6S2/c1-5-8-15-29-37(31,32)21-11-14-24(27(18-21)38(33,34)35)28-22-12-9-19(4)16-25(22)36-26-17-20(10-13-23(26)28)30(6-2)7-3/h9-14,16-18,29H,4-8,15H2,1-3H3,(H,33,34,35). The average molecular weight is 557 g/mol. The van der Waals surface area contributed by atoms with Crippen molar-refractivity contribution in [3.63, 3.8) is 0 Å². The van der Waals surface area contributed by atoms with Crippen molar-refractivity contribution in [3.05, 3.63) is 76.2 Å². The zero-order valence-electron chi connectivity index (χ0n) is 21.7. The van der Waals surface area contributed by atoms with Crippen molar-refractivity contribution in [1.29, 1.82) is 0 Å². The molecule has 0 fully saturated rings. The molecule has 0 bridgehead atoms. The second-order valence-corrected chi connectivity index (χ2v) is 12.2. The lowest BCUT2D eigenvalue weighted by Crippen LogP contribution is -2.25. The van der Waals surface area contributed by atoms with E-state index in [1.807, 2.05) is 25.1 Å². The van der Waals surface area contributed by atoms with E-state index < -0.39 is 25.0 Å². The van der Waals surface area contributed by atoms with Crippen LogP contribution in [0.5, 0.6) is 11.5 Å². The number of hydrogen-bond acceptors (Lipinski definition) is 6. The Bertz CT molecular complexity index is 1700. The van der Waals surface area contributed by atoms with E-state index in [9.17, 15) is 21.4 Å². The molecule has 0 aromatic heterocycles. The van der Waals surface area contributed by atoms with Crippen molar-refractivity contribution in [3.8, 4) is 11.5 Å². The molecule has 0 aliphatic carbocycles. The fraction of sp³-hybridized carbons (Fsp3) is 0.286. The molecule has 0 saturated carbocycles. The van der Waals surface area contributed by atoms with Gasteiger partial charge in [0.2, 0.25) is 10.0 Å². The summed E-state index contributed by atoms with van der Waals surface area (Å²) >= 11 is 0. The third kappa shape index (κ3) is 5.49. The number of unbranched alkanes of at least 4 members (excludes halogenated alkanes) is 1. The van der Waals surface area contributed by atoms with Crippen molar-refractivity contribution in [1.82, 2.24) is 4.72 Å². The molecule has 202 valence electrons. The highest BCUT2D eigenvalue weighted by Crippen LogP contribution is 2.40. The van der Waals surface area contributed by atoms with Crippen LogP contribution in [-0.2, 0) is 20.1 Å². The van der Waals surface area contributed by atoms with Crippen molar-refractivity contribution in [2.24, 2.45) is 0 Å². The SMILES string of the molecule is C=c1ccc2c(c1)Oc1cc(N(CC)CC)ccc1C=2c1ccc(S(=O)(=O)NCCCC)cc1S(=O)(=O)O. The monoisotopic (exact) mass is 556 g/mol. The predicted molar refractivity (Wildman–Crippen MR) is 149 cm³/mol. The Labute approximate surface area is 224 Å². The average Bonchev–Trinajstić information content (AvgIpc) is 2.87. The molecular formula is C28H32N2O6S2. The summed E-state index contributed by atoms with van der Waals surface area (Å²) in [4.78, 5) is 1.41. The van der Waals surface area contributed by atoms with Gasteiger partial charge in [-0.05, 0) is 55.8 Å². The van der Waals surface area contributed by atoms with Gasteiger partial charge in [-0.25, -0.2) is 13.1 Å². The van der Waals surface area contributed by atoms with Crippen LogP contribution < -0.4 is 24.8 Å². The summed E-state index contributed by atoms with van der Waals surface area (Å²) in [5.74, 6) is 0.998. The summed E-state index contributed by atoms with van der Waals surface area (Å²) in [7, 11) is -8.79. The molecule has 0 saturated heterocycles. The maximum absolute atomic E-state index is 12.8. The van der Waals surface area contributed by atoms with Crippen LogP contribution in [0.15, 0.2) is 64.4 Å². The quantitative estimate of drug-likeness (QED) is 0.227. The van der Waals surface area contributed by atoms with E-state index in [0.717, 1.165) is 31.3 Å². The number of sulfonamides is 1. The summed E-state index contributed by atoms with van der Waals surface area (Å²) in [6, 6.07) is 14.8. The van der Waals surface area contributed by atoms with Gasteiger partial charge in [0, 0.05) is 53.3 Å². The molecule has 0 amide bonds. The van der Waals surface area contributed by atoms with Gasteiger partial charge in [-0.1, -0.05) is 38.1 Å². The van der Waals surface area contributed by atoms with Crippen LogP contribution in [0.3, 0.4) is 0 Å². The van der Waals surface area contributed by atoms with Gasteiger partial charge in [-0.2, -0.15) is 8.42 Å². The number of ether oxygens (including phenoxy) is 1. The largest absolute Gasteiger partial charge is 0.456 e. The molecule has 3 aromatic carbocycles. The number of rotatable bonds is 10. The first-order chi connectivity index (χ1) is 18.0. The van der Waals surface area contributed by atoms with Gasteiger partial charge in [-0.3, -0.25) is 4.55 Å². The van der Waals surface area contributed by atoms with E-state index in [0.29, 0.717) is 39.5 Å². The van der Waals surface area contributed by atoms with Crippen LogP contribution >= 0.6 is 0 Å². The molecule has 0 unspecified atom stereocenters. The second kappa shape index (κ2) is 10.9. The highest BCUT2D eigenvalue weighted by molar-refractivity contribution is 7.89. The highest BCUT2D eigenvalue weighted by atomic mass is 32.2. The molecule has 0 radical (unpaired) electrons. The van der Waals surface area contributed by atoms with Crippen molar-refractivity contribution in [2.45, 2.75) is 43.4 Å². The molecule has 1 heterocycles. The zero-order chi connectivity index (χ0) is 27.7. The topological polar surface area (TPSA) is 113 Å². The molecule has 3 aromatic rings. The number of hydrogen-bond donors (Lipinski definition) is 2. The maximum atomic E-state index is 12.8. The van der Waals surface area contributed by atoms with E-state index in [1.165, 1.54) is 12.1 Å². The van der Waals surface area contributed by atoms with Crippen molar-refractivity contribution < 1.29 is 26.1 Å². The number of anilines is 1. The minimum absolute atomic E-state index is 0.165. The molecule has 38 heavy (non-hydrogen) atoms. The van der Waals surface area contributed by atoms with Crippen LogP contribution in [0.25, 0.3) is 12.2 Å². The molecule has 0 atom stereocenters. The first-order valence-electron chi connectivity index (χ1n) is 12.5. The Morgan fingerprint density at radius 1 is 0.895 bits per heavy atom. The third-order valence-electron chi connectivity index (χ3n) is 6.53. The lowest BCUT2D eigenvalue weighted by Gasteiger charge is -2.26. The van der Waals surface area contributed by atoms with E-state index in [4.69, 9.17) is 4.74 Å². The number of benzene rings is 3. The van der Waals surface area contributed by atoms with Crippen LogP contribution in [0.1, 0.15) is 44.7 Å². The Hall–Kier alpha value is -3.18. The summed E-state index contributed by atoms with van der Waals surface area (Å²) in [5, 5.41) is 1.31. The van der Waals surface area contributed by atoms with Gasteiger partial charge in [0.1, 0.15) is 16.4 Å². The normalized spacial score (nSPS) is 13.0. The molecule has 4 rings (SSSR count). The molecule has 10 heteroatoms. The summed E-state index contributed by atoms with van der Waals surface area (Å²) in [6.07, 6.45) is 1.43. The Morgan fingerprint density at radius 3 is 2.26 bits per heavy atom. The van der Waals surface area contributed by atoms with Crippen molar-refractivity contribution in [2.75, 3.05) is 24.5 Å². The van der Waals surface area contributed by atoms with Crippen LogP contribution in [0.4, 0.5) is 5.69 Å². The van der Waals surface area contributed by atoms with Crippen LogP contribution in [-0.4, -0.2) is 41.0 Å². The molecule has 8 nitrogen and oxygen atoms in total. The summed E-state index contributed by atoms with van der Waals surface area (Å²) in [5.41, 5.74) is 2.23. The van der Waals surface area contributed by atoms with Crippen LogP contribution in [0.2, 0.25) is 0 Å². The lowest BCUT2D eigenvalue weighted by atomic mass is 9.92. The molecule has 0 spiro atoms. The van der Waals surface area contributed by atoms with Gasteiger partial charge in [-0.15, -0.1) is 0 Å². The van der Waals surface area contributed by atoms with Gasteiger partial charge in [0.05, 0.1) is 4.90 Å². The minimum Gasteiger partial charge on any atom is -0.456 e. The van der Waals surface area contributed by atoms with E-state index in [-0.39, 0.29) is 17.0 Å². The minimum atomic E-state index is -4.81. The van der Waals surface area contributed by atoms with E-state index in [2.05, 4.69) is 30.0 Å². The van der Waals surface area contributed by atoms with Crippen LogP contribution in [0, 0.1) is 0 Å². The van der Waals surface area contributed by atoms with Gasteiger partial charge in [0.25, 0.3) is 10.1 Å². The molecule has 1 aliphatic rings. The Kier molecular flexibility index (Phi) is 7.98. The highest BCUT2D eigenvalue weighted by Gasteiger charge is 2.28. The lowest BCUT2D eigenvalue weighted by molar-refractivity contribution is 0.471. The first kappa shape index (κ1) is 27.8. The van der Waals surface area contributed by atoms with Gasteiger partial charge < -0.3 is 9.64 Å². The Balaban J connectivity index is 1.99. The summed E-state index contributed by atoms with van der Waals surface area (Å²) in [6.45, 7) is 11.8. The Morgan fingerprint density at radius 2 is 1.61 bits per heavy atom. The smallest absolute Gasteiger partial charge is 0.295 e. The fourth-order valence-corrected chi connectivity index (χ4v) is 6.45. The number of fused-ring (bicyclic) bond motifs is 2. The zero-order valence-corrected chi connectivity index (χ0v) is 23.3. The second-order valence-electron chi connectivity index (χ2n) is 9.04. The van der Waals surface area contributed by atoms with Gasteiger partial charge in [0.15, 0.2) is 0 Å². The molecular weight excluding hydrogens is 524 g/mol. The molecule has 1 aliphatic heterocycles. The van der Waals surface area contributed by atoms with Crippen molar-refractivity contribution >= 4 is 38.0 Å². The number of nitrogens with zero attached hydrogens (tertiary/aromatic N) is 1. The number of nitrogens with one attached hydrogen (secondary N) is 1. The van der Waals surface area contributed by atoms with Gasteiger partial charge >= 0.3 is 0 Å². The summed E-state index contributed by atoms with van der Waals surface area (Å²) < 4.78 is 69.8. The van der Waals surface area contributed by atoms with E-state index >= 15 is 0 Å². The molecule has 2 N–H and O–H groups in total. The maximum Gasteiger partial charge on any atom is 0.295 e. The third-order valence-corrected chi connectivity index (χ3v) is 8.88. The van der Waals surface area contributed by atoms with E-state index in [1.54, 1.807) is 18.2 Å². The first-order valence-corrected chi connectivity index (χ1v) is 15.4. The fourth-order valence-electron chi connectivity index (χ4n) is 4.56.